The van der Waals surface area contributed by atoms with E-state index >= 15 is 0 Å². The van der Waals surface area contributed by atoms with Crippen molar-refractivity contribution in [2.24, 2.45) is 11.8 Å². The summed E-state index contributed by atoms with van der Waals surface area (Å²) in [4.78, 5) is 23.2. The van der Waals surface area contributed by atoms with Crippen LogP contribution < -0.4 is 0 Å². The fourth-order valence-electron chi connectivity index (χ4n) is 3.31. The lowest BCUT2D eigenvalue weighted by molar-refractivity contribution is -0.140. The molecule has 0 aromatic rings. The van der Waals surface area contributed by atoms with Crippen LogP contribution >= 0.6 is 0 Å². The normalized spacial score (nSPS) is 24.6. The molecule has 0 amide bonds. The minimum Gasteiger partial charge on any atom is -0.469 e. The van der Waals surface area contributed by atoms with E-state index in [1.807, 2.05) is 18.2 Å². The van der Waals surface area contributed by atoms with Crippen LogP contribution in [0.25, 0.3) is 0 Å². The van der Waals surface area contributed by atoms with Crippen molar-refractivity contribution in [3.63, 3.8) is 0 Å². The minimum absolute atomic E-state index is 0.0758. The summed E-state index contributed by atoms with van der Waals surface area (Å²) in [6.45, 7) is 2.12. The second-order valence-corrected chi connectivity index (χ2v) is 7.05. The first kappa shape index (κ1) is 22.6. The minimum atomic E-state index is -0.667. The first-order valence-electron chi connectivity index (χ1n) is 9.78. The van der Waals surface area contributed by atoms with E-state index in [0.717, 1.165) is 32.1 Å². The summed E-state index contributed by atoms with van der Waals surface area (Å²) in [5.41, 5.74) is 0. The molecule has 0 aromatic heterocycles. The molecule has 5 nitrogen and oxygen atoms in total. The summed E-state index contributed by atoms with van der Waals surface area (Å²) in [6, 6.07) is 0. The monoisotopic (exact) mass is 366 g/mol. The van der Waals surface area contributed by atoms with Crippen LogP contribution in [-0.4, -0.2) is 41.3 Å². The van der Waals surface area contributed by atoms with Crippen LogP contribution in [0.3, 0.4) is 0 Å². The molecule has 0 aromatic carbocycles. The number of rotatable bonds is 12. The zero-order valence-corrected chi connectivity index (χ0v) is 16.1. The van der Waals surface area contributed by atoms with Crippen molar-refractivity contribution >= 4 is 11.8 Å². The van der Waals surface area contributed by atoms with Gasteiger partial charge in [0.25, 0.3) is 0 Å². The molecule has 4 atom stereocenters. The standard InChI is InChI=1S/C21H34O5/c1-3-4-7-10-16(22)13-14-18-17(19(23)15-20(18)24)11-8-5-6-9-12-21(25)26-2/h5,8,13-14,16-18,20,22,24H,3-4,6-7,9-12,15H2,1-2H3/b8-5-,14-13+/t16-,17-,18-,20-/m1/s1. The topological polar surface area (TPSA) is 83.8 Å². The number of allylic oxidation sites excluding steroid dienone is 2. The highest BCUT2D eigenvalue weighted by Gasteiger charge is 2.39. The lowest BCUT2D eigenvalue weighted by Crippen LogP contribution is -2.18. The molecular weight excluding hydrogens is 332 g/mol. The number of aliphatic hydroxyl groups is 2. The molecule has 1 rings (SSSR count). The summed E-state index contributed by atoms with van der Waals surface area (Å²) in [6.07, 6.45) is 12.8. The fourth-order valence-corrected chi connectivity index (χ4v) is 3.31. The number of hydrogen-bond acceptors (Lipinski definition) is 5. The number of ether oxygens (including phenoxy) is 1. The van der Waals surface area contributed by atoms with E-state index in [9.17, 15) is 19.8 Å². The molecule has 2 N–H and O–H groups in total. The van der Waals surface area contributed by atoms with Crippen molar-refractivity contribution in [3.8, 4) is 0 Å². The molecule has 0 heterocycles. The molecule has 26 heavy (non-hydrogen) atoms. The van der Waals surface area contributed by atoms with E-state index in [4.69, 9.17) is 0 Å². The Kier molecular flexibility index (Phi) is 11.1. The van der Waals surface area contributed by atoms with Crippen LogP contribution in [-0.2, 0) is 14.3 Å². The van der Waals surface area contributed by atoms with Crippen molar-refractivity contribution in [2.75, 3.05) is 7.11 Å². The average molecular weight is 366 g/mol. The maximum Gasteiger partial charge on any atom is 0.305 e. The fraction of sp³-hybridized carbons (Fsp3) is 0.714. The molecule has 1 aliphatic rings. The Morgan fingerprint density at radius 3 is 2.77 bits per heavy atom. The van der Waals surface area contributed by atoms with Gasteiger partial charge in [0.15, 0.2) is 0 Å². The first-order valence-corrected chi connectivity index (χ1v) is 9.78. The number of carbonyl (C=O) groups excluding carboxylic acids is 2. The second-order valence-electron chi connectivity index (χ2n) is 7.05. The number of esters is 1. The quantitative estimate of drug-likeness (QED) is 0.314. The molecule has 0 radical (unpaired) electrons. The third-order valence-electron chi connectivity index (χ3n) is 4.93. The summed E-state index contributed by atoms with van der Waals surface area (Å²) in [5.74, 6) is -0.606. The van der Waals surface area contributed by atoms with Gasteiger partial charge in [0.05, 0.1) is 19.3 Å². The predicted molar refractivity (Wildman–Crippen MR) is 102 cm³/mol. The van der Waals surface area contributed by atoms with Gasteiger partial charge >= 0.3 is 5.97 Å². The van der Waals surface area contributed by atoms with E-state index in [-0.39, 0.29) is 30.0 Å². The second kappa shape index (κ2) is 12.8. The van der Waals surface area contributed by atoms with Gasteiger partial charge in [-0.2, -0.15) is 0 Å². The number of carbonyl (C=O) groups is 2. The van der Waals surface area contributed by atoms with E-state index in [1.54, 1.807) is 6.08 Å². The molecule has 148 valence electrons. The molecule has 0 saturated heterocycles. The van der Waals surface area contributed by atoms with Crippen LogP contribution in [0.5, 0.6) is 0 Å². The zero-order valence-electron chi connectivity index (χ0n) is 16.1. The van der Waals surface area contributed by atoms with E-state index in [1.165, 1.54) is 7.11 Å². The zero-order chi connectivity index (χ0) is 19.4. The molecule has 5 heteroatoms. The van der Waals surface area contributed by atoms with E-state index < -0.39 is 12.2 Å². The number of Topliss-reactive ketones (excluding diaryl/α,β-unsaturated/α-hetero) is 1. The van der Waals surface area contributed by atoms with Crippen molar-refractivity contribution in [1.82, 2.24) is 0 Å². The van der Waals surface area contributed by atoms with Crippen LogP contribution in [0.1, 0.15) is 64.7 Å². The number of methoxy groups -OCH3 is 1. The maximum absolute atomic E-state index is 12.1. The summed E-state index contributed by atoms with van der Waals surface area (Å²) < 4.78 is 4.59. The third-order valence-corrected chi connectivity index (χ3v) is 4.93. The Morgan fingerprint density at radius 2 is 2.08 bits per heavy atom. The van der Waals surface area contributed by atoms with Gasteiger partial charge in [0.1, 0.15) is 5.78 Å². The molecule has 0 spiro atoms. The first-order chi connectivity index (χ1) is 12.5. The summed E-state index contributed by atoms with van der Waals surface area (Å²) in [7, 11) is 1.38. The average Bonchev–Trinajstić information content (AvgIpc) is 2.89. The van der Waals surface area contributed by atoms with Crippen molar-refractivity contribution in [3.05, 3.63) is 24.3 Å². The SMILES string of the molecule is CCCCC[C@@H](O)/C=C/[C@H]1[C@H](O)CC(=O)[C@@H]1C/C=C\CCCC(=O)OC. The molecule has 0 unspecified atom stereocenters. The number of hydrogen-bond donors (Lipinski definition) is 2. The smallest absolute Gasteiger partial charge is 0.305 e. The Hall–Kier alpha value is -1.46. The van der Waals surface area contributed by atoms with Crippen molar-refractivity contribution in [2.45, 2.75) is 76.9 Å². The number of unbranched alkanes of at least 4 members (excludes halogenated alkanes) is 3. The number of ketones is 1. The van der Waals surface area contributed by atoms with Crippen molar-refractivity contribution < 1.29 is 24.5 Å². The van der Waals surface area contributed by atoms with Gasteiger partial charge < -0.3 is 14.9 Å². The Labute approximate surface area is 157 Å². The lowest BCUT2D eigenvalue weighted by Gasteiger charge is -2.16. The largest absolute Gasteiger partial charge is 0.469 e. The lowest BCUT2D eigenvalue weighted by atomic mass is 9.90. The van der Waals surface area contributed by atoms with Crippen LogP contribution in [0.15, 0.2) is 24.3 Å². The molecular formula is C21H34O5. The highest BCUT2D eigenvalue weighted by molar-refractivity contribution is 5.84. The Bertz CT molecular complexity index is 483. The van der Waals surface area contributed by atoms with Crippen LogP contribution in [0.4, 0.5) is 0 Å². The summed E-state index contributed by atoms with van der Waals surface area (Å²) >= 11 is 0. The van der Waals surface area contributed by atoms with Gasteiger partial charge in [-0.15, -0.1) is 0 Å². The van der Waals surface area contributed by atoms with Crippen LogP contribution in [0, 0.1) is 11.8 Å². The van der Waals surface area contributed by atoms with Gasteiger partial charge in [0, 0.05) is 24.7 Å². The third kappa shape index (κ3) is 8.28. The van der Waals surface area contributed by atoms with Crippen LogP contribution in [0.2, 0.25) is 0 Å². The number of aliphatic hydroxyl groups excluding tert-OH is 2. The van der Waals surface area contributed by atoms with Gasteiger partial charge in [-0.3, -0.25) is 9.59 Å². The van der Waals surface area contributed by atoms with Gasteiger partial charge in [-0.25, -0.2) is 0 Å². The predicted octanol–water partition coefficient (Wildman–Crippen LogP) is 3.34. The highest BCUT2D eigenvalue weighted by atomic mass is 16.5. The molecule has 0 bridgehead atoms. The summed E-state index contributed by atoms with van der Waals surface area (Å²) in [5, 5.41) is 20.2. The molecule has 1 saturated carbocycles. The maximum atomic E-state index is 12.1. The van der Waals surface area contributed by atoms with Gasteiger partial charge in [0.2, 0.25) is 0 Å². The molecule has 1 aliphatic carbocycles. The highest BCUT2D eigenvalue weighted by Crippen LogP contribution is 2.33. The molecule has 0 aliphatic heterocycles. The van der Waals surface area contributed by atoms with E-state index in [2.05, 4.69) is 11.7 Å². The van der Waals surface area contributed by atoms with E-state index in [0.29, 0.717) is 19.3 Å². The van der Waals surface area contributed by atoms with Gasteiger partial charge in [-0.05, 0) is 25.7 Å². The Balaban J connectivity index is 2.46. The van der Waals surface area contributed by atoms with Crippen molar-refractivity contribution in [1.29, 1.82) is 0 Å². The Morgan fingerprint density at radius 1 is 1.31 bits per heavy atom. The van der Waals surface area contributed by atoms with Gasteiger partial charge in [-0.1, -0.05) is 50.5 Å². The molecule has 1 fully saturated rings.